The summed E-state index contributed by atoms with van der Waals surface area (Å²) in [5.41, 5.74) is 2.88. The highest BCUT2D eigenvalue weighted by atomic mass is 32.2. The van der Waals surface area contributed by atoms with Gasteiger partial charge in [-0.25, -0.2) is 0 Å². The normalized spacial score (nSPS) is 19.1. The van der Waals surface area contributed by atoms with Crippen molar-refractivity contribution in [1.29, 1.82) is 0 Å². The Balaban J connectivity index is 1.37. The summed E-state index contributed by atoms with van der Waals surface area (Å²) in [5.74, 6) is -1.61. The Morgan fingerprint density at radius 3 is 2.35 bits per heavy atom. The van der Waals surface area contributed by atoms with Gasteiger partial charge in [0.2, 0.25) is 0 Å². The first kappa shape index (κ1) is 22.5. The van der Waals surface area contributed by atoms with Crippen LogP contribution in [0.25, 0.3) is 0 Å². The summed E-state index contributed by atoms with van der Waals surface area (Å²) in [6.07, 6.45) is 0.441. The third kappa shape index (κ3) is 4.17. The van der Waals surface area contributed by atoms with E-state index in [2.05, 4.69) is 10.2 Å². The number of benzene rings is 2. The van der Waals surface area contributed by atoms with Gasteiger partial charge in [0.05, 0.1) is 11.4 Å². The molecular formula is C23H24N4O6S. The Hall–Kier alpha value is -3.28. The summed E-state index contributed by atoms with van der Waals surface area (Å²) in [6.45, 7) is 3.89. The van der Waals surface area contributed by atoms with Crippen LogP contribution < -0.4 is 15.1 Å². The molecule has 0 aliphatic carbocycles. The van der Waals surface area contributed by atoms with E-state index >= 15 is 0 Å². The lowest BCUT2D eigenvalue weighted by Crippen LogP contribution is -2.43. The highest BCUT2D eigenvalue weighted by Gasteiger charge is 2.34. The molecule has 2 fully saturated rings. The summed E-state index contributed by atoms with van der Waals surface area (Å²) in [5, 5.41) is 3.64. The molecule has 178 valence electrons. The standard InChI is InChI=1S/C23H24N4O6S/c28-21-5-2-6-22(29)27(21)33-34(31,32)19-4-1-3-18(14-19)26-15-16-13-17(7-8-20(16)23(26)30)25-11-9-24-10-12-25/h1,3-4,7-8,13-14,24H,2,5-6,9-12,15H2. The third-order valence-corrected chi connectivity index (χ3v) is 7.38. The van der Waals surface area contributed by atoms with Crippen LogP contribution in [0.4, 0.5) is 11.4 Å². The first-order chi connectivity index (χ1) is 16.3. The van der Waals surface area contributed by atoms with Gasteiger partial charge in [-0.2, -0.15) is 8.42 Å². The van der Waals surface area contributed by atoms with Crippen LogP contribution in [-0.2, 0) is 30.5 Å². The number of hydrogen-bond donors (Lipinski definition) is 1. The van der Waals surface area contributed by atoms with Gasteiger partial charge < -0.3 is 15.1 Å². The second-order valence-corrected chi connectivity index (χ2v) is 9.96. The average molecular weight is 485 g/mol. The van der Waals surface area contributed by atoms with E-state index in [0.717, 1.165) is 37.4 Å². The zero-order chi connectivity index (χ0) is 23.9. The fourth-order valence-corrected chi connectivity index (χ4v) is 5.36. The highest BCUT2D eigenvalue weighted by Crippen LogP contribution is 2.32. The highest BCUT2D eigenvalue weighted by molar-refractivity contribution is 7.86. The van der Waals surface area contributed by atoms with Gasteiger partial charge in [0.15, 0.2) is 0 Å². The molecule has 2 aromatic carbocycles. The molecule has 2 saturated heterocycles. The van der Waals surface area contributed by atoms with E-state index in [1.54, 1.807) is 6.07 Å². The van der Waals surface area contributed by atoms with Gasteiger partial charge >= 0.3 is 10.1 Å². The van der Waals surface area contributed by atoms with Crippen molar-refractivity contribution in [3.8, 4) is 0 Å². The van der Waals surface area contributed by atoms with Crippen LogP contribution in [-0.4, -0.2) is 57.4 Å². The second kappa shape index (κ2) is 8.82. The summed E-state index contributed by atoms with van der Waals surface area (Å²) in [6, 6.07) is 11.5. The van der Waals surface area contributed by atoms with Gasteiger partial charge in [-0.15, -0.1) is 9.35 Å². The average Bonchev–Trinajstić information content (AvgIpc) is 3.18. The van der Waals surface area contributed by atoms with Gasteiger partial charge in [-0.1, -0.05) is 6.07 Å². The topological polar surface area (TPSA) is 116 Å². The number of carbonyl (C=O) groups is 3. The zero-order valence-electron chi connectivity index (χ0n) is 18.4. The van der Waals surface area contributed by atoms with Crippen molar-refractivity contribution in [2.45, 2.75) is 30.7 Å². The molecule has 0 bridgehead atoms. The zero-order valence-corrected chi connectivity index (χ0v) is 19.2. The molecule has 2 aromatic rings. The van der Waals surface area contributed by atoms with Crippen molar-refractivity contribution < 1.29 is 27.1 Å². The number of nitrogens with zero attached hydrogens (tertiary/aromatic N) is 3. The van der Waals surface area contributed by atoms with Crippen molar-refractivity contribution >= 4 is 39.2 Å². The maximum atomic E-state index is 13.1. The van der Waals surface area contributed by atoms with E-state index in [1.165, 1.54) is 23.1 Å². The molecule has 0 saturated carbocycles. The predicted molar refractivity (Wildman–Crippen MR) is 122 cm³/mol. The molecule has 3 heterocycles. The van der Waals surface area contributed by atoms with Crippen LogP contribution in [0.1, 0.15) is 35.2 Å². The number of nitrogens with one attached hydrogen (secondary N) is 1. The molecule has 34 heavy (non-hydrogen) atoms. The molecular weight excluding hydrogens is 460 g/mol. The third-order valence-electron chi connectivity index (χ3n) is 6.20. The monoisotopic (exact) mass is 484 g/mol. The lowest BCUT2D eigenvalue weighted by atomic mass is 10.1. The molecule has 0 radical (unpaired) electrons. The van der Waals surface area contributed by atoms with E-state index < -0.39 is 21.9 Å². The van der Waals surface area contributed by atoms with Crippen molar-refractivity contribution in [2.24, 2.45) is 0 Å². The van der Waals surface area contributed by atoms with Crippen molar-refractivity contribution in [1.82, 2.24) is 10.4 Å². The largest absolute Gasteiger partial charge is 0.369 e. The van der Waals surface area contributed by atoms with E-state index in [9.17, 15) is 22.8 Å². The summed E-state index contributed by atoms with van der Waals surface area (Å²) < 4.78 is 30.5. The lowest BCUT2D eigenvalue weighted by Gasteiger charge is -2.29. The Morgan fingerprint density at radius 2 is 1.62 bits per heavy atom. The predicted octanol–water partition coefficient (Wildman–Crippen LogP) is 1.42. The number of anilines is 2. The van der Waals surface area contributed by atoms with E-state index in [1.807, 2.05) is 18.2 Å². The molecule has 0 spiro atoms. The number of rotatable bonds is 5. The summed E-state index contributed by atoms with van der Waals surface area (Å²) >= 11 is 0. The maximum Gasteiger partial charge on any atom is 0.318 e. The van der Waals surface area contributed by atoms with Crippen molar-refractivity contribution in [3.63, 3.8) is 0 Å². The minimum Gasteiger partial charge on any atom is -0.369 e. The summed E-state index contributed by atoms with van der Waals surface area (Å²) in [4.78, 5) is 40.5. The van der Waals surface area contributed by atoms with Crippen LogP contribution in [0.3, 0.4) is 0 Å². The Morgan fingerprint density at radius 1 is 0.882 bits per heavy atom. The molecule has 3 amide bonds. The van der Waals surface area contributed by atoms with Crippen molar-refractivity contribution in [2.75, 3.05) is 36.0 Å². The Labute approximate surface area is 197 Å². The maximum absolute atomic E-state index is 13.1. The molecule has 0 unspecified atom stereocenters. The number of imide groups is 1. The quantitative estimate of drug-likeness (QED) is 0.634. The van der Waals surface area contributed by atoms with Crippen LogP contribution in [0, 0.1) is 0 Å². The fraction of sp³-hybridized carbons (Fsp3) is 0.348. The summed E-state index contributed by atoms with van der Waals surface area (Å²) in [7, 11) is -4.45. The van der Waals surface area contributed by atoms with Gasteiger partial charge in [-0.05, 0) is 48.4 Å². The van der Waals surface area contributed by atoms with E-state index in [-0.39, 0.29) is 23.6 Å². The number of amides is 3. The number of hydrogen-bond acceptors (Lipinski definition) is 8. The first-order valence-corrected chi connectivity index (χ1v) is 12.6. The van der Waals surface area contributed by atoms with Gasteiger partial charge in [0, 0.05) is 56.0 Å². The van der Waals surface area contributed by atoms with Crippen molar-refractivity contribution in [3.05, 3.63) is 53.6 Å². The molecule has 10 nitrogen and oxygen atoms in total. The van der Waals surface area contributed by atoms with Crippen LogP contribution in [0.5, 0.6) is 0 Å². The number of hydroxylamine groups is 2. The van der Waals surface area contributed by atoms with Gasteiger partial charge in [0.25, 0.3) is 17.7 Å². The van der Waals surface area contributed by atoms with Crippen LogP contribution in [0.15, 0.2) is 47.4 Å². The van der Waals surface area contributed by atoms with E-state index in [4.69, 9.17) is 4.28 Å². The molecule has 0 atom stereocenters. The van der Waals surface area contributed by atoms with Crippen LogP contribution in [0.2, 0.25) is 0 Å². The number of fused-ring (bicyclic) bond motifs is 1. The molecule has 1 N–H and O–H groups in total. The Bertz CT molecular complexity index is 1260. The number of carbonyl (C=O) groups excluding carboxylic acids is 3. The number of piperidine rings is 1. The molecule has 3 aliphatic heterocycles. The fourth-order valence-electron chi connectivity index (χ4n) is 4.40. The molecule has 3 aliphatic rings. The van der Waals surface area contributed by atoms with Gasteiger partial charge in [0.1, 0.15) is 0 Å². The van der Waals surface area contributed by atoms with Crippen LogP contribution >= 0.6 is 0 Å². The first-order valence-electron chi connectivity index (χ1n) is 11.1. The second-order valence-electron chi connectivity index (χ2n) is 8.43. The Kier molecular flexibility index (Phi) is 5.84. The lowest BCUT2D eigenvalue weighted by molar-refractivity contribution is -0.175. The van der Waals surface area contributed by atoms with E-state index in [0.29, 0.717) is 29.3 Å². The minimum atomic E-state index is -4.45. The van der Waals surface area contributed by atoms with Gasteiger partial charge in [-0.3, -0.25) is 14.4 Å². The molecule has 0 aromatic heterocycles. The molecule has 5 rings (SSSR count). The minimum absolute atomic E-state index is 0.0395. The number of piperazine rings is 1. The SMILES string of the molecule is O=C1CCCC(=O)N1OS(=O)(=O)c1cccc(N2Cc3cc(N4CCNCC4)ccc3C2=O)c1. The molecule has 11 heteroatoms. The smallest absolute Gasteiger partial charge is 0.318 e.